The fraction of sp³-hybridized carbons (Fsp3) is 0.294. The van der Waals surface area contributed by atoms with Gasteiger partial charge in [-0.25, -0.2) is 0 Å². The summed E-state index contributed by atoms with van der Waals surface area (Å²) in [6, 6.07) is 12.1. The van der Waals surface area contributed by atoms with Gasteiger partial charge in [0.2, 0.25) is 0 Å². The molecule has 2 nitrogen and oxygen atoms in total. The van der Waals surface area contributed by atoms with E-state index < -0.39 is 0 Å². The van der Waals surface area contributed by atoms with Crippen molar-refractivity contribution >= 4 is 5.78 Å². The van der Waals surface area contributed by atoms with Crippen molar-refractivity contribution in [2.24, 2.45) is 0 Å². The largest absolute Gasteiger partial charge is 0.299 e. The van der Waals surface area contributed by atoms with Crippen molar-refractivity contribution in [3.8, 4) is 0 Å². The Morgan fingerprint density at radius 3 is 2.53 bits per heavy atom. The molecule has 0 saturated carbocycles. The van der Waals surface area contributed by atoms with E-state index in [0.717, 1.165) is 17.7 Å². The summed E-state index contributed by atoms with van der Waals surface area (Å²) < 4.78 is 0. The highest BCUT2D eigenvalue weighted by molar-refractivity contribution is 5.81. The van der Waals surface area contributed by atoms with E-state index in [1.54, 1.807) is 6.20 Å². The van der Waals surface area contributed by atoms with E-state index in [0.29, 0.717) is 12.8 Å². The fourth-order valence-corrected chi connectivity index (χ4v) is 2.14. The summed E-state index contributed by atoms with van der Waals surface area (Å²) in [5.41, 5.74) is 4.50. The lowest BCUT2D eigenvalue weighted by Gasteiger charge is -2.06. The van der Waals surface area contributed by atoms with E-state index in [9.17, 15) is 4.79 Å². The van der Waals surface area contributed by atoms with Gasteiger partial charge in [0.15, 0.2) is 0 Å². The normalized spacial score (nSPS) is 10.4. The first-order valence-electron chi connectivity index (χ1n) is 6.63. The van der Waals surface area contributed by atoms with Crippen LogP contribution in [-0.4, -0.2) is 10.8 Å². The van der Waals surface area contributed by atoms with Gasteiger partial charge in [-0.05, 0) is 43.0 Å². The highest BCUT2D eigenvalue weighted by atomic mass is 16.1. The van der Waals surface area contributed by atoms with Gasteiger partial charge in [-0.3, -0.25) is 9.78 Å². The molecule has 2 rings (SSSR count). The lowest BCUT2D eigenvalue weighted by atomic mass is 10.0. The van der Waals surface area contributed by atoms with E-state index >= 15 is 0 Å². The minimum Gasteiger partial charge on any atom is -0.299 e. The molecule has 0 aliphatic heterocycles. The average molecular weight is 253 g/mol. The van der Waals surface area contributed by atoms with Crippen molar-refractivity contribution in [3.63, 3.8) is 0 Å². The first kappa shape index (κ1) is 13.5. The molecule has 1 aromatic carbocycles. The van der Waals surface area contributed by atoms with E-state index in [1.165, 1.54) is 11.1 Å². The summed E-state index contributed by atoms with van der Waals surface area (Å²) >= 11 is 0. The van der Waals surface area contributed by atoms with Gasteiger partial charge in [0.05, 0.1) is 5.69 Å². The van der Waals surface area contributed by atoms with Gasteiger partial charge in [-0.15, -0.1) is 0 Å². The van der Waals surface area contributed by atoms with Gasteiger partial charge in [0, 0.05) is 19.0 Å². The van der Waals surface area contributed by atoms with Crippen molar-refractivity contribution in [2.75, 3.05) is 0 Å². The van der Waals surface area contributed by atoms with Crippen LogP contribution in [0, 0.1) is 13.8 Å². The number of ketones is 1. The Morgan fingerprint density at radius 2 is 1.79 bits per heavy atom. The number of pyridine rings is 1. The van der Waals surface area contributed by atoms with Gasteiger partial charge in [-0.2, -0.15) is 0 Å². The maximum atomic E-state index is 12.0. The highest BCUT2D eigenvalue weighted by Gasteiger charge is 2.08. The van der Waals surface area contributed by atoms with Crippen LogP contribution in [0.3, 0.4) is 0 Å². The van der Waals surface area contributed by atoms with E-state index in [-0.39, 0.29) is 5.78 Å². The standard InChI is InChI=1S/C17H19NO/c1-13-6-3-4-8-15(13)9-10-16(19)12-17-14(2)7-5-11-18-17/h3-8,11H,9-10,12H2,1-2H3. The van der Waals surface area contributed by atoms with Crippen LogP contribution in [-0.2, 0) is 17.6 Å². The van der Waals surface area contributed by atoms with Crippen molar-refractivity contribution in [2.45, 2.75) is 33.1 Å². The molecule has 0 fully saturated rings. The molecule has 0 amide bonds. The number of aromatic nitrogens is 1. The Morgan fingerprint density at radius 1 is 1.05 bits per heavy atom. The number of benzene rings is 1. The summed E-state index contributed by atoms with van der Waals surface area (Å²) in [6.45, 7) is 4.08. The zero-order valence-corrected chi connectivity index (χ0v) is 11.5. The second-order valence-electron chi connectivity index (χ2n) is 4.91. The number of carbonyl (C=O) groups excluding carboxylic acids is 1. The maximum absolute atomic E-state index is 12.0. The number of rotatable bonds is 5. The molecule has 98 valence electrons. The van der Waals surface area contributed by atoms with Crippen molar-refractivity contribution < 1.29 is 4.79 Å². The Bertz CT molecular complexity index is 575. The molecular weight excluding hydrogens is 234 g/mol. The number of hydrogen-bond acceptors (Lipinski definition) is 2. The number of hydrogen-bond donors (Lipinski definition) is 0. The summed E-state index contributed by atoms with van der Waals surface area (Å²) in [4.78, 5) is 16.3. The molecule has 2 heteroatoms. The van der Waals surface area contributed by atoms with Crippen LogP contribution < -0.4 is 0 Å². The Labute approximate surface area is 114 Å². The van der Waals surface area contributed by atoms with E-state index in [1.807, 2.05) is 31.2 Å². The average Bonchev–Trinajstić information content (AvgIpc) is 2.40. The Balaban J connectivity index is 1.92. The molecule has 19 heavy (non-hydrogen) atoms. The first-order chi connectivity index (χ1) is 9.16. The topological polar surface area (TPSA) is 30.0 Å². The highest BCUT2D eigenvalue weighted by Crippen LogP contribution is 2.11. The zero-order chi connectivity index (χ0) is 13.7. The Hall–Kier alpha value is -1.96. The minimum atomic E-state index is 0.255. The minimum absolute atomic E-state index is 0.255. The van der Waals surface area contributed by atoms with Crippen LogP contribution in [0.2, 0.25) is 0 Å². The molecule has 0 atom stereocenters. The molecule has 0 radical (unpaired) electrons. The zero-order valence-electron chi connectivity index (χ0n) is 11.5. The molecule has 0 unspecified atom stereocenters. The van der Waals surface area contributed by atoms with Gasteiger partial charge in [-0.1, -0.05) is 30.3 Å². The number of nitrogens with zero attached hydrogens (tertiary/aromatic N) is 1. The second kappa shape index (κ2) is 6.28. The summed E-state index contributed by atoms with van der Waals surface area (Å²) in [7, 11) is 0. The molecular formula is C17H19NO. The lowest BCUT2D eigenvalue weighted by molar-refractivity contribution is -0.118. The third kappa shape index (κ3) is 3.75. The van der Waals surface area contributed by atoms with E-state index in [2.05, 4.69) is 24.0 Å². The van der Waals surface area contributed by atoms with Crippen LogP contribution in [0.15, 0.2) is 42.6 Å². The van der Waals surface area contributed by atoms with Gasteiger partial charge >= 0.3 is 0 Å². The SMILES string of the molecule is Cc1ccccc1CCC(=O)Cc1ncccc1C. The molecule has 0 aliphatic carbocycles. The smallest absolute Gasteiger partial charge is 0.139 e. The molecule has 1 aromatic heterocycles. The van der Waals surface area contributed by atoms with Crippen molar-refractivity contribution in [1.29, 1.82) is 0 Å². The molecule has 0 bridgehead atoms. The van der Waals surface area contributed by atoms with Crippen molar-refractivity contribution in [3.05, 3.63) is 65.0 Å². The van der Waals surface area contributed by atoms with Crippen LogP contribution in [0.1, 0.15) is 28.8 Å². The molecule has 2 aromatic rings. The summed E-state index contributed by atoms with van der Waals surface area (Å²) in [6.07, 6.45) is 3.59. The number of aryl methyl sites for hydroxylation is 3. The predicted molar refractivity (Wildman–Crippen MR) is 77.2 cm³/mol. The summed E-state index contributed by atoms with van der Waals surface area (Å²) in [5, 5.41) is 0. The van der Waals surface area contributed by atoms with Crippen LogP contribution in [0.5, 0.6) is 0 Å². The van der Waals surface area contributed by atoms with Gasteiger partial charge in [0.25, 0.3) is 0 Å². The summed E-state index contributed by atoms with van der Waals surface area (Å²) in [5.74, 6) is 0.255. The van der Waals surface area contributed by atoms with Gasteiger partial charge < -0.3 is 0 Å². The molecule has 0 aliphatic rings. The lowest BCUT2D eigenvalue weighted by Crippen LogP contribution is -2.07. The predicted octanol–water partition coefficient (Wildman–Crippen LogP) is 3.44. The molecule has 0 spiro atoms. The second-order valence-corrected chi connectivity index (χ2v) is 4.91. The van der Waals surface area contributed by atoms with E-state index in [4.69, 9.17) is 0 Å². The van der Waals surface area contributed by atoms with Crippen molar-refractivity contribution in [1.82, 2.24) is 4.98 Å². The van der Waals surface area contributed by atoms with Crippen LogP contribution >= 0.6 is 0 Å². The monoisotopic (exact) mass is 253 g/mol. The van der Waals surface area contributed by atoms with Crippen LogP contribution in [0.25, 0.3) is 0 Å². The number of carbonyl (C=O) groups is 1. The third-order valence-electron chi connectivity index (χ3n) is 3.42. The third-order valence-corrected chi connectivity index (χ3v) is 3.42. The quantitative estimate of drug-likeness (QED) is 0.817. The molecule has 0 saturated heterocycles. The Kier molecular flexibility index (Phi) is 4.45. The first-order valence-corrected chi connectivity index (χ1v) is 6.63. The molecule has 1 heterocycles. The molecule has 0 N–H and O–H groups in total. The number of Topliss-reactive ketones (excluding diaryl/α,β-unsaturated/α-hetero) is 1. The fourth-order valence-electron chi connectivity index (χ4n) is 2.14. The van der Waals surface area contributed by atoms with Gasteiger partial charge in [0.1, 0.15) is 5.78 Å². The van der Waals surface area contributed by atoms with Crippen LogP contribution in [0.4, 0.5) is 0 Å². The maximum Gasteiger partial charge on any atom is 0.139 e.